The SMILES string of the molecule is COc1cc(/C=C\C(=O)OC[C@H]2O[C@H](O[C@]3(CO)O[C@H](CO)[C@@H](O)[C@@H]3O)[C@H](O)[C@@H](O)[C@H]2O)ccc1O. The predicted octanol–water partition coefficient (Wildman–Crippen LogP) is -3.42. The number of carbonyl (C=O) groups is 1. The van der Waals surface area contributed by atoms with Crippen molar-refractivity contribution in [3.8, 4) is 11.5 Å². The van der Waals surface area contributed by atoms with Crippen molar-refractivity contribution in [3.63, 3.8) is 0 Å². The van der Waals surface area contributed by atoms with Crippen molar-refractivity contribution in [2.45, 2.75) is 54.8 Å². The van der Waals surface area contributed by atoms with Crippen LogP contribution in [0.2, 0.25) is 0 Å². The molecule has 2 heterocycles. The van der Waals surface area contributed by atoms with Gasteiger partial charge in [0.15, 0.2) is 17.8 Å². The summed E-state index contributed by atoms with van der Waals surface area (Å²) in [5.41, 5.74) is 0.510. The highest BCUT2D eigenvalue weighted by Crippen LogP contribution is 2.36. The largest absolute Gasteiger partial charge is 0.504 e. The Hall–Kier alpha value is -2.37. The zero-order valence-corrected chi connectivity index (χ0v) is 19.2. The zero-order chi connectivity index (χ0) is 26.6. The van der Waals surface area contributed by atoms with Crippen molar-refractivity contribution in [3.05, 3.63) is 29.8 Å². The van der Waals surface area contributed by atoms with Crippen LogP contribution in [0.3, 0.4) is 0 Å². The molecule has 0 saturated carbocycles. The molecule has 9 atom stereocenters. The number of aliphatic hydroxyl groups is 7. The number of aliphatic hydroxyl groups excluding tert-OH is 7. The first kappa shape index (κ1) is 28.2. The maximum Gasteiger partial charge on any atom is 0.330 e. The number of hydrogen-bond acceptors (Lipinski definition) is 14. The molecule has 0 bridgehead atoms. The van der Waals surface area contributed by atoms with E-state index in [1.807, 2.05) is 0 Å². The molecule has 0 spiro atoms. The highest BCUT2D eigenvalue weighted by molar-refractivity contribution is 5.87. The second-order valence-corrected chi connectivity index (χ2v) is 8.27. The second kappa shape index (κ2) is 11.8. The van der Waals surface area contributed by atoms with E-state index in [-0.39, 0.29) is 11.5 Å². The van der Waals surface area contributed by atoms with Crippen LogP contribution in [0.1, 0.15) is 5.56 Å². The van der Waals surface area contributed by atoms with Gasteiger partial charge >= 0.3 is 5.97 Å². The van der Waals surface area contributed by atoms with E-state index in [4.69, 9.17) is 23.7 Å². The zero-order valence-electron chi connectivity index (χ0n) is 19.2. The summed E-state index contributed by atoms with van der Waals surface area (Å²) in [7, 11) is 1.36. The van der Waals surface area contributed by atoms with E-state index in [0.29, 0.717) is 5.56 Å². The molecule has 0 unspecified atom stereocenters. The molecule has 2 aliphatic heterocycles. The minimum Gasteiger partial charge on any atom is -0.504 e. The summed E-state index contributed by atoms with van der Waals surface area (Å²) in [6.07, 6.45) is -11.1. The van der Waals surface area contributed by atoms with Gasteiger partial charge in [-0.05, 0) is 23.8 Å². The van der Waals surface area contributed by atoms with E-state index >= 15 is 0 Å². The minimum atomic E-state index is -2.32. The fourth-order valence-corrected chi connectivity index (χ4v) is 3.79. The van der Waals surface area contributed by atoms with Crippen LogP contribution in [0.25, 0.3) is 6.08 Å². The summed E-state index contributed by atoms with van der Waals surface area (Å²) in [5.74, 6) is -3.07. The Morgan fingerprint density at radius 3 is 2.39 bits per heavy atom. The van der Waals surface area contributed by atoms with Crippen LogP contribution in [0.15, 0.2) is 24.3 Å². The van der Waals surface area contributed by atoms with Gasteiger partial charge in [0.2, 0.25) is 5.79 Å². The third kappa shape index (κ3) is 5.78. The highest BCUT2D eigenvalue weighted by atomic mass is 16.8. The number of carbonyl (C=O) groups excluding carboxylic acids is 1. The molecule has 14 nitrogen and oxygen atoms in total. The molecule has 8 N–H and O–H groups in total. The molecule has 2 saturated heterocycles. The molecular formula is C22H30O14. The van der Waals surface area contributed by atoms with Gasteiger partial charge in [0.05, 0.1) is 13.7 Å². The lowest BCUT2D eigenvalue weighted by molar-refractivity contribution is -0.383. The average molecular weight is 518 g/mol. The maximum absolute atomic E-state index is 12.1. The lowest BCUT2D eigenvalue weighted by Gasteiger charge is -2.43. The Bertz CT molecular complexity index is 924. The molecule has 1 aromatic rings. The molecule has 0 radical (unpaired) electrons. The van der Waals surface area contributed by atoms with Crippen LogP contribution in [0, 0.1) is 0 Å². The molecule has 36 heavy (non-hydrogen) atoms. The van der Waals surface area contributed by atoms with Crippen LogP contribution >= 0.6 is 0 Å². The topological polar surface area (TPSA) is 225 Å². The molecule has 14 heteroatoms. The van der Waals surface area contributed by atoms with Gasteiger partial charge < -0.3 is 64.5 Å². The number of aromatic hydroxyl groups is 1. The van der Waals surface area contributed by atoms with Crippen LogP contribution in [-0.2, 0) is 23.7 Å². The van der Waals surface area contributed by atoms with Crippen molar-refractivity contribution in [1.29, 1.82) is 0 Å². The van der Waals surface area contributed by atoms with Crippen LogP contribution in [0.4, 0.5) is 0 Å². The molecule has 2 aliphatic rings. The molecule has 0 aliphatic carbocycles. The second-order valence-electron chi connectivity index (χ2n) is 8.27. The molecule has 1 aromatic carbocycles. The summed E-state index contributed by atoms with van der Waals surface area (Å²) < 4.78 is 26.0. The summed E-state index contributed by atoms with van der Waals surface area (Å²) in [5, 5.41) is 79.6. The van der Waals surface area contributed by atoms with Gasteiger partial charge in [-0.1, -0.05) is 6.07 Å². The summed E-state index contributed by atoms with van der Waals surface area (Å²) in [6, 6.07) is 4.36. The van der Waals surface area contributed by atoms with Gasteiger partial charge in [0.1, 0.15) is 55.9 Å². The number of hydrogen-bond donors (Lipinski definition) is 8. The highest BCUT2D eigenvalue weighted by Gasteiger charge is 2.58. The van der Waals surface area contributed by atoms with Crippen LogP contribution < -0.4 is 4.74 Å². The van der Waals surface area contributed by atoms with E-state index in [1.54, 1.807) is 0 Å². The third-order valence-corrected chi connectivity index (χ3v) is 5.90. The van der Waals surface area contributed by atoms with Gasteiger partial charge in [0.25, 0.3) is 0 Å². The van der Waals surface area contributed by atoms with Crippen molar-refractivity contribution in [2.75, 3.05) is 26.9 Å². The standard InChI is InChI=1S/C22H30O14/c1-32-12-6-10(2-4-11(12)25)3-5-15(26)33-8-14-16(27)18(29)19(30)21(34-14)36-22(9-24)20(31)17(28)13(7-23)35-22/h2-6,13-14,16-21,23-25,27-31H,7-9H2,1H3/b5-3-/t13-,14-,16+,17-,18+,19-,20+,21-,22+/m1/s1. The van der Waals surface area contributed by atoms with Crippen LogP contribution in [0.5, 0.6) is 11.5 Å². The first-order valence-electron chi connectivity index (χ1n) is 10.9. The Kier molecular flexibility index (Phi) is 9.23. The number of ether oxygens (including phenoxy) is 5. The van der Waals surface area contributed by atoms with Crippen molar-refractivity contribution >= 4 is 12.0 Å². The monoisotopic (exact) mass is 518 g/mol. The van der Waals surface area contributed by atoms with Crippen molar-refractivity contribution in [2.24, 2.45) is 0 Å². The fraction of sp³-hybridized carbons (Fsp3) is 0.591. The Morgan fingerprint density at radius 2 is 1.78 bits per heavy atom. The fourth-order valence-electron chi connectivity index (χ4n) is 3.79. The van der Waals surface area contributed by atoms with Gasteiger partial charge in [0, 0.05) is 6.08 Å². The number of benzene rings is 1. The Balaban J connectivity index is 1.64. The molecule has 2 fully saturated rings. The third-order valence-electron chi connectivity index (χ3n) is 5.90. The number of methoxy groups -OCH3 is 1. The lowest BCUT2D eigenvalue weighted by atomic mass is 9.99. The number of phenols is 1. The number of rotatable bonds is 9. The minimum absolute atomic E-state index is 0.0851. The predicted molar refractivity (Wildman–Crippen MR) is 116 cm³/mol. The van der Waals surface area contributed by atoms with Gasteiger partial charge in [-0.25, -0.2) is 4.79 Å². The summed E-state index contributed by atoms with van der Waals surface area (Å²) in [6.45, 7) is -2.34. The Labute approximate surface area is 205 Å². The molecule has 202 valence electrons. The smallest absolute Gasteiger partial charge is 0.330 e. The molecule has 3 rings (SSSR count). The average Bonchev–Trinajstić information content (AvgIpc) is 3.12. The normalized spacial score (nSPS) is 36.8. The van der Waals surface area contributed by atoms with E-state index in [2.05, 4.69) is 0 Å². The number of phenolic OH excluding ortho intramolecular Hbond substituents is 1. The van der Waals surface area contributed by atoms with Gasteiger partial charge in [-0.2, -0.15) is 0 Å². The first-order chi connectivity index (χ1) is 17.1. The number of esters is 1. The van der Waals surface area contributed by atoms with Gasteiger partial charge in [-0.3, -0.25) is 0 Å². The van der Waals surface area contributed by atoms with E-state index in [9.17, 15) is 45.6 Å². The van der Waals surface area contributed by atoms with Crippen molar-refractivity contribution in [1.82, 2.24) is 0 Å². The van der Waals surface area contributed by atoms with Gasteiger partial charge in [-0.15, -0.1) is 0 Å². The summed E-state index contributed by atoms with van der Waals surface area (Å²) >= 11 is 0. The maximum atomic E-state index is 12.1. The van der Waals surface area contributed by atoms with E-state index in [1.165, 1.54) is 31.4 Å². The van der Waals surface area contributed by atoms with Crippen molar-refractivity contribution < 1.29 is 69.3 Å². The first-order valence-corrected chi connectivity index (χ1v) is 10.9. The Morgan fingerprint density at radius 1 is 1.06 bits per heavy atom. The molecule has 0 amide bonds. The molecule has 0 aromatic heterocycles. The van der Waals surface area contributed by atoms with E-state index < -0.39 is 80.6 Å². The lowest BCUT2D eigenvalue weighted by Crippen LogP contribution is -2.62. The molecular weight excluding hydrogens is 488 g/mol. The summed E-state index contributed by atoms with van der Waals surface area (Å²) in [4.78, 5) is 12.1. The quantitative estimate of drug-likeness (QED) is 0.118. The van der Waals surface area contributed by atoms with Crippen LogP contribution in [-0.4, -0.2) is 129 Å². The van der Waals surface area contributed by atoms with E-state index in [0.717, 1.165) is 6.08 Å².